The predicted octanol–water partition coefficient (Wildman–Crippen LogP) is 2.59. The molecule has 2 aromatic rings. The first-order valence-corrected chi connectivity index (χ1v) is 6.61. The molecule has 3 N–H and O–H groups in total. The summed E-state index contributed by atoms with van der Waals surface area (Å²) in [5.41, 5.74) is 4.23. The van der Waals surface area contributed by atoms with Crippen LogP contribution in [0.3, 0.4) is 0 Å². The Hall–Kier alpha value is -2.11. The van der Waals surface area contributed by atoms with Crippen molar-refractivity contribution in [2.45, 2.75) is 12.5 Å². The fourth-order valence-electron chi connectivity index (χ4n) is 2.20. The third-order valence-corrected chi connectivity index (χ3v) is 3.41. The molecule has 0 aliphatic heterocycles. The van der Waals surface area contributed by atoms with Crippen LogP contribution in [0.25, 0.3) is 0 Å². The molecule has 2 aromatic carbocycles. The fourth-order valence-corrected chi connectivity index (χ4v) is 2.20. The molecular weight excluding hydrogens is 271 g/mol. The number of hydrogen-bond donors (Lipinski definition) is 2. The van der Waals surface area contributed by atoms with Crippen molar-refractivity contribution < 1.29 is 13.9 Å². The van der Waals surface area contributed by atoms with E-state index in [0.717, 1.165) is 11.3 Å². The van der Waals surface area contributed by atoms with Gasteiger partial charge in [0, 0.05) is 0 Å². The second-order valence-corrected chi connectivity index (χ2v) is 4.63. The van der Waals surface area contributed by atoms with Crippen LogP contribution in [0.4, 0.5) is 4.39 Å². The number of nitrogens with two attached hydrogens (primary N) is 1. The van der Waals surface area contributed by atoms with Gasteiger partial charge in [-0.05, 0) is 35.7 Å². The number of rotatable bonds is 6. The molecule has 0 spiro atoms. The SMILES string of the molecule is COc1ccc(C(Cc2cccc(OC)c2F)NN)cc1. The smallest absolute Gasteiger partial charge is 0.168 e. The van der Waals surface area contributed by atoms with Crippen molar-refractivity contribution in [3.63, 3.8) is 0 Å². The highest BCUT2D eigenvalue weighted by Gasteiger charge is 2.15. The average molecular weight is 290 g/mol. The van der Waals surface area contributed by atoms with Crippen molar-refractivity contribution in [3.05, 3.63) is 59.4 Å². The largest absolute Gasteiger partial charge is 0.497 e. The summed E-state index contributed by atoms with van der Waals surface area (Å²) in [4.78, 5) is 0. The quantitative estimate of drug-likeness (QED) is 0.634. The first-order chi connectivity index (χ1) is 10.2. The number of halogens is 1. The molecule has 2 rings (SSSR count). The summed E-state index contributed by atoms with van der Waals surface area (Å²) in [7, 11) is 3.06. The maximum absolute atomic E-state index is 14.2. The van der Waals surface area contributed by atoms with E-state index in [0.29, 0.717) is 12.0 Å². The highest BCUT2D eigenvalue weighted by atomic mass is 19.1. The minimum Gasteiger partial charge on any atom is -0.497 e. The normalized spacial score (nSPS) is 12.0. The van der Waals surface area contributed by atoms with E-state index in [1.807, 2.05) is 24.3 Å². The molecule has 0 bridgehead atoms. The highest BCUT2D eigenvalue weighted by molar-refractivity contribution is 5.34. The maximum Gasteiger partial charge on any atom is 0.168 e. The Labute approximate surface area is 123 Å². The summed E-state index contributed by atoms with van der Waals surface area (Å²) >= 11 is 0. The molecule has 1 atom stereocenters. The standard InChI is InChI=1S/C16H19FN2O2/c1-20-13-8-6-11(7-9-13)14(19-18)10-12-4-3-5-15(21-2)16(12)17/h3-9,14,19H,10,18H2,1-2H3. The van der Waals surface area contributed by atoms with Gasteiger partial charge < -0.3 is 9.47 Å². The topological polar surface area (TPSA) is 56.5 Å². The molecule has 21 heavy (non-hydrogen) atoms. The van der Waals surface area contributed by atoms with Gasteiger partial charge in [-0.15, -0.1) is 0 Å². The fraction of sp³-hybridized carbons (Fsp3) is 0.250. The lowest BCUT2D eigenvalue weighted by molar-refractivity contribution is 0.382. The van der Waals surface area contributed by atoms with Crippen molar-refractivity contribution in [2.24, 2.45) is 5.84 Å². The lowest BCUT2D eigenvalue weighted by atomic mass is 9.98. The molecular formula is C16H19FN2O2. The van der Waals surface area contributed by atoms with Gasteiger partial charge in [-0.25, -0.2) is 4.39 Å². The third-order valence-electron chi connectivity index (χ3n) is 3.41. The molecule has 5 heteroatoms. The molecule has 0 amide bonds. The molecule has 0 saturated heterocycles. The number of benzene rings is 2. The Balaban J connectivity index is 2.22. The minimum absolute atomic E-state index is 0.197. The van der Waals surface area contributed by atoms with Crippen LogP contribution in [0.5, 0.6) is 11.5 Å². The van der Waals surface area contributed by atoms with Crippen LogP contribution in [-0.2, 0) is 6.42 Å². The van der Waals surface area contributed by atoms with E-state index in [9.17, 15) is 4.39 Å². The molecule has 0 aliphatic rings. The number of nitrogens with one attached hydrogen (secondary N) is 1. The van der Waals surface area contributed by atoms with Crippen molar-refractivity contribution in [1.29, 1.82) is 0 Å². The highest BCUT2D eigenvalue weighted by Crippen LogP contribution is 2.25. The van der Waals surface area contributed by atoms with Crippen LogP contribution in [0, 0.1) is 5.82 Å². The van der Waals surface area contributed by atoms with Crippen molar-refractivity contribution in [2.75, 3.05) is 14.2 Å². The Bertz CT molecular complexity index is 587. The second kappa shape index (κ2) is 7.06. The van der Waals surface area contributed by atoms with E-state index in [1.165, 1.54) is 7.11 Å². The first kappa shape index (κ1) is 15.3. The zero-order valence-corrected chi connectivity index (χ0v) is 12.1. The van der Waals surface area contributed by atoms with Crippen LogP contribution in [-0.4, -0.2) is 14.2 Å². The minimum atomic E-state index is -0.353. The third kappa shape index (κ3) is 3.51. The molecule has 0 saturated carbocycles. The summed E-state index contributed by atoms with van der Waals surface area (Å²) < 4.78 is 24.3. The molecule has 0 aromatic heterocycles. The monoisotopic (exact) mass is 290 g/mol. The summed E-state index contributed by atoms with van der Waals surface area (Å²) in [5, 5.41) is 0. The molecule has 0 aliphatic carbocycles. The molecule has 4 nitrogen and oxygen atoms in total. The number of hydrogen-bond acceptors (Lipinski definition) is 4. The molecule has 0 fully saturated rings. The van der Waals surface area contributed by atoms with E-state index in [4.69, 9.17) is 15.3 Å². The summed E-state index contributed by atoms with van der Waals surface area (Å²) in [6.45, 7) is 0. The van der Waals surface area contributed by atoms with E-state index >= 15 is 0 Å². The summed E-state index contributed by atoms with van der Waals surface area (Å²) in [5.74, 6) is 6.26. The van der Waals surface area contributed by atoms with Crippen molar-refractivity contribution in [3.8, 4) is 11.5 Å². The summed E-state index contributed by atoms with van der Waals surface area (Å²) in [6.07, 6.45) is 0.422. The van der Waals surface area contributed by atoms with Crippen LogP contribution in [0.15, 0.2) is 42.5 Å². The van der Waals surface area contributed by atoms with E-state index in [2.05, 4.69) is 5.43 Å². The number of hydrazine groups is 1. The summed E-state index contributed by atoms with van der Waals surface area (Å²) in [6, 6.07) is 12.4. The van der Waals surface area contributed by atoms with Crippen LogP contribution < -0.4 is 20.7 Å². The predicted molar refractivity (Wildman–Crippen MR) is 79.7 cm³/mol. The van der Waals surface area contributed by atoms with E-state index < -0.39 is 0 Å². The zero-order chi connectivity index (χ0) is 15.2. The molecule has 112 valence electrons. The lowest BCUT2D eigenvalue weighted by Crippen LogP contribution is -2.29. The number of ether oxygens (including phenoxy) is 2. The first-order valence-electron chi connectivity index (χ1n) is 6.61. The van der Waals surface area contributed by atoms with Gasteiger partial charge in [0.05, 0.1) is 20.3 Å². The molecule has 1 unspecified atom stereocenters. The Morgan fingerprint density at radius 1 is 1.10 bits per heavy atom. The Kier molecular flexibility index (Phi) is 5.14. The Morgan fingerprint density at radius 2 is 1.81 bits per heavy atom. The molecule has 0 radical (unpaired) electrons. The van der Waals surface area contributed by atoms with Gasteiger partial charge in [-0.3, -0.25) is 11.3 Å². The van der Waals surface area contributed by atoms with Gasteiger partial charge in [0.15, 0.2) is 11.6 Å². The van der Waals surface area contributed by atoms with Gasteiger partial charge >= 0.3 is 0 Å². The van der Waals surface area contributed by atoms with Crippen LogP contribution in [0.1, 0.15) is 17.2 Å². The lowest BCUT2D eigenvalue weighted by Gasteiger charge is -2.18. The maximum atomic E-state index is 14.2. The second-order valence-electron chi connectivity index (χ2n) is 4.63. The van der Waals surface area contributed by atoms with E-state index in [-0.39, 0.29) is 17.6 Å². The van der Waals surface area contributed by atoms with Gasteiger partial charge in [0.2, 0.25) is 0 Å². The zero-order valence-electron chi connectivity index (χ0n) is 12.1. The van der Waals surface area contributed by atoms with Crippen LogP contribution in [0.2, 0.25) is 0 Å². The average Bonchev–Trinajstić information content (AvgIpc) is 2.54. The van der Waals surface area contributed by atoms with Crippen LogP contribution >= 0.6 is 0 Å². The van der Waals surface area contributed by atoms with Crippen molar-refractivity contribution in [1.82, 2.24) is 5.43 Å². The van der Waals surface area contributed by atoms with Gasteiger partial charge in [0.1, 0.15) is 5.75 Å². The van der Waals surface area contributed by atoms with Gasteiger partial charge in [-0.1, -0.05) is 24.3 Å². The van der Waals surface area contributed by atoms with Crippen molar-refractivity contribution >= 4 is 0 Å². The Morgan fingerprint density at radius 3 is 2.38 bits per heavy atom. The van der Waals surface area contributed by atoms with Gasteiger partial charge in [0.25, 0.3) is 0 Å². The van der Waals surface area contributed by atoms with E-state index in [1.54, 1.807) is 25.3 Å². The number of methoxy groups -OCH3 is 2. The molecule has 0 heterocycles. The van der Waals surface area contributed by atoms with Gasteiger partial charge in [-0.2, -0.15) is 0 Å².